The lowest BCUT2D eigenvalue weighted by Crippen LogP contribution is -2.38. The van der Waals surface area contributed by atoms with Gasteiger partial charge in [0.15, 0.2) is 0 Å². The molecule has 1 aromatic heterocycles. The van der Waals surface area contributed by atoms with Crippen LogP contribution in [0.4, 0.5) is 4.79 Å². The van der Waals surface area contributed by atoms with E-state index >= 15 is 0 Å². The first-order valence-corrected chi connectivity index (χ1v) is 7.86. The Kier molecular flexibility index (Phi) is 5.11. The molecule has 1 aliphatic heterocycles. The first-order valence-electron chi connectivity index (χ1n) is 7.86. The maximum atomic E-state index is 11.7. The fraction of sp³-hybridized carbons (Fsp3) is 0.750. The number of carbonyl (C=O) groups is 1. The first kappa shape index (κ1) is 16.8. The Morgan fingerprint density at radius 3 is 2.77 bits per heavy atom. The van der Waals surface area contributed by atoms with Crippen molar-refractivity contribution in [3.8, 4) is 0 Å². The Hall–Kier alpha value is -1.56. The molecule has 22 heavy (non-hydrogen) atoms. The van der Waals surface area contributed by atoms with Gasteiger partial charge in [-0.1, -0.05) is 0 Å². The molecule has 1 N–H and O–H groups in total. The predicted octanol–water partition coefficient (Wildman–Crippen LogP) is 2.48. The van der Waals surface area contributed by atoms with E-state index in [0.29, 0.717) is 6.54 Å². The van der Waals surface area contributed by atoms with E-state index in [-0.39, 0.29) is 11.6 Å². The summed E-state index contributed by atoms with van der Waals surface area (Å²) in [6.07, 6.45) is 6.07. The average Bonchev–Trinajstić information content (AvgIpc) is 2.86. The molecule has 0 bridgehead atoms. The largest absolute Gasteiger partial charge is 0.444 e. The number of amides is 1. The van der Waals surface area contributed by atoms with Gasteiger partial charge in [0.25, 0.3) is 0 Å². The summed E-state index contributed by atoms with van der Waals surface area (Å²) < 4.78 is 12.9. The second-order valence-electron chi connectivity index (χ2n) is 7.04. The minimum Gasteiger partial charge on any atom is -0.444 e. The van der Waals surface area contributed by atoms with Gasteiger partial charge in [0.1, 0.15) is 5.60 Å². The minimum atomic E-state index is -0.471. The number of carbonyl (C=O) groups excluding carboxylic acids is 1. The van der Waals surface area contributed by atoms with E-state index in [2.05, 4.69) is 21.8 Å². The lowest BCUT2D eigenvalue weighted by Gasteiger charge is -2.36. The molecule has 6 nitrogen and oxygen atoms in total. The van der Waals surface area contributed by atoms with E-state index in [1.54, 1.807) is 0 Å². The van der Waals surface area contributed by atoms with Crippen molar-refractivity contribution < 1.29 is 14.3 Å². The molecule has 1 fully saturated rings. The maximum absolute atomic E-state index is 11.7. The molecule has 1 saturated heterocycles. The van der Waals surface area contributed by atoms with Gasteiger partial charge in [-0.3, -0.25) is 0 Å². The highest BCUT2D eigenvalue weighted by Crippen LogP contribution is 2.29. The highest BCUT2D eigenvalue weighted by Gasteiger charge is 2.30. The molecule has 6 heteroatoms. The van der Waals surface area contributed by atoms with E-state index in [1.807, 2.05) is 33.3 Å². The molecule has 2 heterocycles. The second kappa shape index (κ2) is 6.69. The quantitative estimate of drug-likeness (QED) is 0.928. The van der Waals surface area contributed by atoms with Crippen LogP contribution in [-0.4, -0.2) is 41.0 Å². The van der Waals surface area contributed by atoms with Gasteiger partial charge in [-0.15, -0.1) is 0 Å². The lowest BCUT2D eigenvalue weighted by atomic mass is 9.92. The number of nitrogens with zero attached hydrogens (tertiary/aromatic N) is 2. The zero-order valence-corrected chi connectivity index (χ0v) is 14.0. The SMILES string of the molecule is CC(C)(C)OC(=O)NCCc1cncn1C1(C)CCOCC1. The summed E-state index contributed by atoms with van der Waals surface area (Å²) in [4.78, 5) is 15.9. The lowest BCUT2D eigenvalue weighted by molar-refractivity contribution is 0.0283. The van der Waals surface area contributed by atoms with Crippen molar-refractivity contribution in [1.29, 1.82) is 0 Å². The summed E-state index contributed by atoms with van der Waals surface area (Å²) in [7, 11) is 0. The zero-order valence-electron chi connectivity index (χ0n) is 14.0. The predicted molar refractivity (Wildman–Crippen MR) is 83.9 cm³/mol. The van der Waals surface area contributed by atoms with Gasteiger partial charge in [0, 0.05) is 43.6 Å². The minimum absolute atomic E-state index is 0.0516. The van der Waals surface area contributed by atoms with Crippen LogP contribution in [-0.2, 0) is 21.4 Å². The number of hydrogen-bond acceptors (Lipinski definition) is 4. The van der Waals surface area contributed by atoms with Crippen LogP contribution in [0, 0.1) is 0 Å². The third-order valence-electron chi connectivity index (χ3n) is 3.92. The van der Waals surface area contributed by atoms with Crippen LogP contribution >= 0.6 is 0 Å². The van der Waals surface area contributed by atoms with Gasteiger partial charge in [-0.2, -0.15) is 0 Å². The summed E-state index contributed by atoms with van der Waals surface area (Å²) in [5.41, 5.74) is 0.706. The van der Waals surface area contributed by atoms with Gasteiger partial charge < -0.3 is 19.4 Å². The van der Waals surface area contributed by atoms with E-state index in [1.165, 1.54) is 0 Å². The van der Waals surface area contributed by atoms with Crippen LogP contribution in [0.1, 0.15) is 46.2 Å². The molecule has 0 spiro atoms. The molecule has 1 aliphatic rings. The van der Waals surface area contributed by atoms with Crippen LogP contribution in [0.15, 0.2) is 12.5 Å². The van der Waals surface area contributed by atoms with Crippen LogP contribution < -0.4 is 5.32 Å². The molecule has 0 aromatic carbocycles. The van der Waals surface area contributed by atoms with Gasteiger partial charge >= 0.3 is 6.09 Å². The smallest absolute Gasteiger partial charge is 0.407 e. The van der Waals surface area contributed by atoms with E-state index in [0.717, 1.165) is 38.2 Å². The van der Waals surface area contributed by atoms with Crippen LogP contribution in [0.5, 0.6) is 0 Å². The number of alkyl carbamates (subject to hydrolysis) is 1. The summed E-state index contributed by atoms with van der Waals surface area (Å²) in [6.45, 7) is 9.90. The normalized spacial score (nSPS) is 18.0. The van der Waals surface area contributed by atoms with Crippen molar-refractivity contribution >= 4 is 6.09 Å². The van der Waals surface area contributed by atoms with Crippen molar-refractivity contribution in [3.05, 3.63) is 18.2 Å². The van der Waals surface area contributed by atoms with E-state index in [4.69, 9.17) is 9.47 Å². The van der Waals surface area contributed by atoms with Gasteiger partial charge in [0.05, 0.1) is 6.33 Å². The molecule has 0 atom stereocenters. The summed E-state index contributed by atoms with van der Waals surface area (Å²) in [6, 6.07) is 0. The number of ether oxygens (including phenoxy) is 2. The number of rotatable bonds is 4. The molecule has 0 unspecified atom stereocenters. The topological polar surface area (TPSA) is 65.4 Å². The van der Waals surface area contributed by atoms with Gasteiger partial charge in [0.2, 0.25) is 0 Å². The summed E-state index contributed by atoms with van der Waals surface area (Å²) in [5.74, 6) is 0. The first-order chi connectivity index (χ1) is 10.3. The third-order valence-corrected chi connectivity index (χ3v) is 3.92. The molecule has 0 radical (unpaired) electrons. The van der Waals surface area contributed by atoms with Gasteiger partial charge in [-0.25, -0.2) is 9.78 Å². The highest BCUT2D eigenvalue weighted by molar-refractivity contribution is 5.67. The van der Waals surface area contributed by atoms with Crippen LogP contribution in [0.25, 0.3) is 0 Å². The Balaban J connectivity index is 1.89. The van der Waals surface area contributed by atoms with Crippen molar-refractivity contribution in [3.63, 3.8) is 0 Å². The number of imidazole rings is 1. The molecule has 1 aromatic rings. The maximum Gasteiger partial charge on any atom is 0.407 e. The van der Waals surface area contributed by atoms with Crippen LogP contribution in [0.2, 0.25) is 0 Å². The molecular formula is C16H27N3O3. The number of aromatic nitrogens is 2. The third kappa shape index (κ3) is 4.47. The van der Waals surface area contributed by atoms with Crippen LogP contribution in [0.3, 0.4) is 0 Å². The fourth-order valence-corrected chi connectivity index (χ4v) is 2.65. The van der Waals surface area contributed by atoms with Crippen molar-refractivity contribution in [2.45, 2.75) is 58.1 Å². The van der Waals surface area contributed by atoms with E-state index < -0.39 is 5.60 Å². The van der Waals surface area contributed by atoms with Gasteiger partial charge in [-0.05, 0) is 40.5 Å². The monoisotopic (exact) mass is 309 g/mol. The Labute approximate surface area is 132 Å². The standard InChI is InChI=1S/C16H27N3O3/c1-15(2,3)22-14(20)18-8-5-13-11-17-12-19(13)16(4)6-9-21-10-7-16/h11-12H,5-10H2,1-4H3,(H,18,20). The van der Waals surface area contributed by atoms with E-state index in [9.17, 15) is 4.79 Å². The fourth-order valence-electron chi connectivity index (χ4n) is 2.65. The average molecular weight is 309 g/mol. The number of hydrogen-bond donors (Lipinski definition) is 1. The summed E-state index contributed by atoms with van der Waals surface area (Å²) in [5, 5.41) is 2.79. The number of nitrogens with one attached hydrogen (secondary N) is 1. The molecule has 0 saturated carbocycles. The molecule has 0 aliphatic carbocycles. The Bertz CT molecular complexity index is 499. The van der Waals surface area contributed by atoms with Crippen molar-refractivity contribution in [2.24, 2.45) is 0 Å². The second-order valence-corrected chi connectivity index (χ2v) is 7.04. The molecular weight excluding hydrogens is 282 g/mol. The highest BCUT2D eigenvalue weighted by atomic mass is 16.6. The molecule has 1 amide bonds. The van der Waals surface area contributed by atoms with Crippen molar-refractivity contribution in [1.82, 2.24) is 14.9 Å². The summed E-state index contributed by atoms with van der Waals surface area (Å²) >= 11 is 0. The van der Waals surface area contributed by atoms with Crippen molar-refractivity contribution in [2.75, 3.05) is 19.8 Å². The zero-order chi connectivity index (χ0) is 16.2. The molecule has 2 rings (SSSR count). The molecule has 124 valence electrons. The Morgan fingerprint density at radius 1 is 1.45 bits per heavy atom. The Morgan fingerprint density at radius 2 is 2.14 bits per heavy atom.